The highest BCUT2D eigenvalue weighted by atomic mass is 35.5. The van der Waals surface area contributed by atoms with Gasteiger partial charge < -0.3 is 19.1 Å². The van der Waals surface area contributed by atoms with Crippen molar-refractivity contribution in [3.63, 3.8) is 0 Å². The summed E-state index contributed by atoms with van der Waals surface area (Å²) < 4.78 is 41.3. The number of halogens is 1. The van der Waals surface area contributed by atoms with Crippen LogP contribution in [-0.4, -0.2) is 71.1 Å². The zero-order valence-corrected chi connectivity index (χ0v) is 32.2. The van der Waals surface area contributed by atoms with Gasteiger partial charge in [0, 0.05) is 42.3 Å². The molecule has 2 amide bonds. The number of nitrogens with one attached hydrogen (secondary N) is 1. The number of amides is 2. The lowest BCUT2D eigenvalue weighted by Crippen LogP contribution is -2.49. The van der Waals surface area contributed by atoms with Crippen LogP contribution >= 0.6 is 11.6 Å². The predicted molar refractivity (Wildman–Crippen MR) is 206 cm³/mol. The molecule has 1 fully saturated rings. The van der Waals surface area contributed by atoms with Crippen LogP contribution in [0.5, 0.6) is 11.6 Å². The first-order chi connectivity index (χ1) is 25.5. The third kappa shape index (κ3) is 7.77. The van der Waals surface area contributed by atoms with Gasteiger partial charge in [0.05, 0.1) is 37.9 Å². The first-order valence-corrected chi connectivity index (χ1v) is 20.4. The van der Waals surface area contributed by atoms with Crippen molar-refractivity contribution in [2.45, 2.75) is 57.0 Å². The standard InChI is InChI=1S/C40H48ClN5O6S/c1-5-18-51-35-10-6-8-26(2)23-53(49,44-38(48)32-22-45(3)42-39(32)50-4)43-37(47)28-12-16-36-34(20-28)46(21-29-11-14-31(29)35)24-40(25-52-36)17-7-9-27-19-30(41)13-15-33(27)40/h5-6,10,12-13,15-16,19-20,22,26,29,31,35H,1,7-9,11,14,17-18,21,23-25H2,2-4H3,(H,43,44,47,48,49)/b10-6+/t26-,29-,31+,35-,40-,53-/m0/s1. The molecule has 3 heterocycles. The number of fused-ring (bicyclic) bond motifs is 4. The summed E-state index contributed by atoms with van der Waals surface area (Å²) in [5.74, 6) is -0.222. The average molecular weight is 762 g/mol. The van der Waals surface area contributed by atoms with E-state index in [9.17, 15) is 13.8 Å². The number of hydrogen-bond acceptors (Lipinski definition) is 8. The quantitative estimate of drug-likeness (QED) is 0.276. The molecule has 11 nitrogen and oxygen atoms in total. The topological polar surface area (TPSA) is 124 Å². The third-order valence-electron chi connectivity index (χ3n) is 11.1. The summed E-state index contributed by atoms with van der Waals surface area (Å²) in [4.78, 5) is 30.0. The Bertz CT molecular complexity index is 2060. The largest absolute Gasteiger partial charge is 0.490 e. The third-order valence-corrected chi connectivity index (χ3v) is 13.4. The van der Waals surface area contributed by atoms with Crippen LogP contribution < -0.4 is 19.1 Å². The van der Waals surface area contributed by atoms with Crippen LogP contribution in [0.2, 0.25) is 5.02 Å². The summed E-state index contributed by atoms with van der Waals surface area (Å²) in [7, 11) is -0.557. The lowest BCUT2D eigenvalue weighted by molar-refractivity contribution is -0.00223. The van der Waals surface area contributed by atoms with E-state index in [0.717, 1.165) is 49.4 Å². The Labute approximate surface area is 317 Å². The van der Waals surface area contributed by atoms with E-state index in [1.165, 1.54) is 29.1 Å². The molecule has 6 atom stereocenters. The van der Waals surface area contributed by atoms with Gasteiger partial charge in [0.2, 0.25) is 5.88 Å². The minimum Gasteiger partial charge on any atom is -0.490 e. The molecule has 2 aliphatic heterocycles. The zero-order valence-electron chi connectivity index (χ0n) is 30.6. The molecule has 0 unspecified atom stereocenters. The molecule has 3 aromatic rings. The van der Waals surface area contributed by atoms with Crippen LogP contribution in [0.1, 0.15) is 70.9 Å². The monoisotopic (exact) mass is 761 g/mol. The molecule has 13 heteroatoms. The van der Waals surface area contributed by atoms with E-state index in [0.29, 0.717) is 37.8 Å². The van der Waals surface area contributed by atoms with Gasteiger partial charge in [-0.15, -0.1) is 16.0 Å². The van der Waals surface area contributed by atoms with Crippen molar-refractivity contribution in [3.05, 3.63) is 94.7 Å². The van der Waals surface area contributed by atoms with Crippen molar-refractivity contribution in [3.8, 4) is 11.6 Å². The first kappa shape index (κ1) is 37.2. The molecule has 282 valence electrons. The number of methoxy groups -OCH3 is 1. The number of aromatic nitrogens is 2. The number of rotatable bonds is 6. The van der Waals surface area contributed by atoms with Crippen molar-refractivity contribution in [2.24, 2.45) is 29.2 Å². The Balaban J connectivity index is 1.31. The summed E-state index contributed by atoms with van der Waals surface area (Å²) >= 11 is 6.47. The van der Waals surface area contributed by atoms with Crippen LogP contribution in [0.3, 0.4) is 0 Å². The molecule has 1 N–H and O–H groups in total. The lowest BCUT2D eigenvalue weighted by atomic mass is 9.68. The number of nitrogens with zero attached hydrogens (tertiary/aromatic N) is 4. The summed E-state index contributed by atoms with van der Waals surface area (Å²) in [5, 5.41) is 4.88. The van der Waals surface area contributed by atoms with Gasteiger partial charge in [0.15, 0.2) is 0 Å². The fourth-order valence-electron chi connectivity index (χ4n) is 8.45. The highest BCUT2D eigenvalue weighted by molar-refractivity contribution is 7.92. The highest BCUT2D eigenvalue weighted by Crippen LogP contribution is 2.47. The van der Waals surface area contributed by atoms with Crippen LogP contribution in [0, 0.1) is 17.8 Å². The molecule has 2 bridgehead atoms. The number of anilines is 1. The van der Waals surface area contributed by atoms with E-state index < -0.39 is 21.7 Å². The van der Waals surface area contributed by atoms with Gasteiger partial charge in [-0.3, -0.25) is 19.0 Å². The number of carbonyl (C=O) groups excluding carboxylic acids is 2. The van der Waals surface area contributed by atoms with E-state index in [-0.39, 0.29) is 46.1 Å². The van der Waals surface area contributed by atoms with Crippen molar-refractivity contribution >= 4 is 39.0 Å². The van der Waals surface area contributed by atoms with Crippen LogP contribution in [-0.2, 0) is 33.5 Å². The molecular weight excluding hydrogens is 714 g/mol. The normalized spacial score (nSPS) is 29.0. The van der Waals surface area contributed by atoms with Crippen LogP contribution in [0.25, 0.3) is 0 Å². The summed E-state index contributed by atoms with van der Waals surface area (Å²) in [6.45, 7) is 8.17. The number of aryl methyl sites for hydroxylation is 2. The number of allylic oxidation sites excluding steroid dienone is 1. The van der Waals surface area contributed by atoms with E-state index in [4.69, 9.17) is 25.8 Å². The molecule has 1 spiro atoms. The minimum atomic E-state index is -3.62. The maximum absolute atomic E-state index is 14.6. The molecule has 4 aliphatic rings. The second kappa shape index (κ2) is 15.3. The van der Waals surface area contributed by atoms with Crippen LogP contribution in [0.4, 0.5) is 5.69 Å². The van der Waals surface area contributed by atoms with Gasteiger partial charge in [0.25, 0.3) is 11.8 Å². The van der Waals surface area contributed by atoms with Crippen molar-refractivity contribution < 1.29 is 28.0 Å². The van der Waals surface area contributed by atoms with Crippen molar-refractivity contribution in [1.82, 2.24) is 14.5 Å². The second-order valence-corrected chi connectivity index (χ2v) is 17.4. The van der Waals surface area contributed by atoms with Crippen molar-refractivity contribution in [1.29, 1.82) is 0 Å². The van der Waals surface area contributed by atoms with Gasteiger partial charge in [0.1, 0.15) is 21.2 Å². The summed E-state index contributed by atoms with van der Waals surface area (Å²) in [5.41, 5.74) is 3.38. The summed E-state index contributed by atoms with van der Waals surface area (Å²) in [6, 6.07) is 11.5. The number of ether oxygens (including phenoxy) is 3. The molecule has 2 aliphatic carbocycles. The molecule has 53 heavy (non-hydrogen) atoms. The Morgan fingerprint density at radius 1 is 1.25 bits per heavy atom. The van der Waals surface area contributed by atoms with E-state index in [1.54, 1.807) is 19.2 Å². The molecule has 2 aromatic carbocycles. The molecule has 0 saturated heterocycles. The lowest BCUT2D eigenvalue weighted by Gasteiger charge is -2.46. The maximum atomic E-state index is 14.6. The number of carbonyl (C=O) groups is 2. The van der Waals surface area contributed by atoms with Gasteiger partial charge in [-0.25, -0.2) is 4.21 Å². The van der Waals surface area contributed by atoms with Gasteiger partial charge in [-0.2, -0.15) is 0 Å². The van der Waals surface area contributed by atoms with E-state index in [2.05, 4.69) is 49.9 Å². The Morgan fingerprint density at radius 3 is 2.87 bits per heavy atom. The molecular formula is C40H48ClN5O6S. The SMILES string of the molecule is C=CCO[C@H]1/C=C/C[C@H](C)C[S@@](=O)(NC(=O)c2cn(C)nc2OC)=NC(=O)c2ccc3c(c2)N(C[C@@H]2CC[C@H]21)C[C@@]1(CCCc2cc(Cl)ccc21)CO3. The zero-order chi connectivity index (χ0) is 37.3. The van der Waals surface area contributed by atoms with Crippen LogP contribution in [0.15, 0.2) is 71.8 Å². The Morgan fingerprint density at radius 2 is 2.09 bits per heavy atom. The van der Waals surface area contributed by atoms with Crippen molar-refractivity contribution in [2.75, 3.05) is 44.1 Å². The predicted octanol–water partition coefficient (Wildman–Crippen LogP) is 6.70. The number of hydrogen-bond donors (Lipinski definition) is 1. The van der Waals surface area contributed by atoms with E-state index in [1.807, 2.05) is 25.1 Å². The molecule has 7 rings (SSSR count). The average Bonchev–Trinajstić information content (AvgIpc) is 3.43. The van der Waals surface area contributed by atoms with Gasteiger partial charge in [-0.05, 0) is 97.7 Å². The second-order valence-electron chi connectivity index (χ2n) is 15.0. The molecule has 0 radical (unpaired) electrons. The first-order valence-electron chi connectivity index (χ1n) is 18.4. The van der Waals surface area contributed by atoms with Gasteiger partial charge >= 0.3 is 0 Å². The maximum Gasteiger partial charge on any atom is 0.286 e. The smallest absolute Gasteiger partial charge is 0.286 e. The Hall–Kier alpha value is -4.13. The number of benzene rings is 2. The van der Waals surface area contributed by atoms with E-state index >= 15 is 0 Å². The fourth-order valence-corrected chi connectivity index (χ4v) is 10.5. The molecule has 1 aromatic heterocycles. The Kier molecular flexibility index (Phi) is 10.7. The fraction of sp³-hybridized carbons (Fsp3) is 0.475. The van der Waals surface area contributed by atoms with Gasteiger partial charge in [-0.1, -0.05) is 42.8 Å². The summed E-state index contributed by atoms with van der Waals surface area (Å²) in [6.07, 6.45) is 12.9. The minimum absolute atomic E-state index is 0.0479. The molecule has 1 saturated carbocycles. The highest BCUT2D eigenvalue weighted by Gasteiger charge is 2.44.